The van der Waals surface area contributed by atoms with E-state index in [0.29, 0.717) is 18.1 Å². The molecular formula is C19H17ClN2O2. The Balaban J connectivity index is 1.49. The van der Waals surface area contributed by atoms with Crippen molar-refractivity contribution in [1.29, 1.82) is 0 Å². The summed E-state index contributed by atoms with van der Waals surface area (Å²) in [5, 5.41) is 5.51. The molecule has 2 aromatic rings. The summed E-state index contributed by atoms with van der Waals surface area (Å²) in [6.07, 6.45) is 2.15. The van der Waals surface area contributed by atoms with Crippen LogP contribution in [0, 0.1) is 11.3 Å². The Labute approximate surface area is 145 Å². The molecule has 5 heteroatoms. The van der Waals surface area contributed by atoms with E-state index in [1.54, 1.807) is 4.90 Å². The highest BCUT2D eigenvalue weighted by atomic mass is 35.5. The Morgan fingerprint density at radius 1 is 1.25 bits per heavy atom. The van der Waals surface area contributed by atoms with Crippen molar-refractivity contribution >= 4 is 39.9 Å². The average Bonchev–Trinajstić information content (AvgIpc) is 3.29. The first-order valence-electron chi connectivity index (χ1n) is 7.93. The van der Waals surface area contributed by atoms with Crippen LogP contribution in [0.3, 0.4) is 0 Å². The SMILES string of the molecule is C=CC(=O)N1CC2(CC2C(=O)Nc2cccc3cccc(Cl)c23)C1. The zero-order chi connectivity index (χ0) is 16.9. The van der Waals surface area contributed by atoms with E-state index in [4.69, 9.17) is 11.6 Å². The van der Waals surface area contributed by atoms with Crippen molar-refractivity contribution in [3.63, 3.8) is 0 Å². The van der Waals surface area contributed by atoms with Crippen LogP contribution in [0.15, 0.2) is 49.1 Å². The maximum atomic E-state index is 12.6. The molecule has 4 rings (SSSR count). The lowest BCUT2D eigenvalue weighted by Crippen LogP contribution is -2.52. The third-order valence-electron chi connectivity index (χ3n) is 5.12. The molecule has 2 aliphatic rings. The van der Waals surface area contributed by atoms with Crippen LogP contribution >= 0.6 is 11.6 Å². The van der Waals surface area contributed by atoms with Gasteiger partial charge in [-0.2, -0.15) is 0 Å². The van der Waals surface area contributed by atoms with E-state index in [1.165, 1.54) is 6.08 Å². The van der Waals surface area contributed by atoms with Crippen molar-refractivity contribution in [1.82, 2.24) is 4.90 Å². The molecule has 0 aromatic heterocycles. The van der Waals surface area contributed by atoms with E-state index < -0.39 is 0 Å². The van der Waals surface area contributed by atoms with Crippen molar-refractivity contribution < 1.29 is 9.59 Å². The van der Waals surface area contributed by atoms with E-state index >= 15 is 0 Å². The molecule has 4 nitrogen and oxygen atoms in total. The first-order chi connectivity index (χ1) is 11.5. The number of carbonyl (C=O) groups excluding carboxylic acids is 2. The van der Waals surface area contributed by atoms with E-state index in [9.17, 15) is 9.59 Å². The molecule has 122 valence electrons. The summed E-state index contributed by atoms with van der Waals surface area (Å²) in [4.78, 5) is 25.9. The van der Waals surface area contributed by atoms with Crippen LogP contribution < -0.4 is 5.32 Å². The number of rotatable bonds is 3. The molecule has 24 heavy (non-hydrogen) atoms. The molecule has 0 radical (unpaired) electrons. The Morgan fingerprint density at radius 2 is 1.96 bits per heavy atom. The highest BCUT2D eigenvalue weighted by molar-refractivity contribution is 6.36. The number of likely N-dealkylation sites (tertiary alicyclic amines) is 1. The van der Waals surface area contributed by atoms with Gasteiger partial charge in [0.25, 0.3) is 0 Å². The summed E-state index contributed by atoms with van der Waals surface area (Å²) in [6.45, 7) is 4.79. The van der Waals surface area contributed by atoms with Crippen molar-refractivity contribution in [2.75, 3.05) is 18.4 Å². The Morgan fingerprint density at radius 3 is 2.67 bits per heavy atom. The number of amides is 2. The quantitative estimate of drug-likeness (QED) is 0.870. The molecule has 1 saturated carbocycles. The number of hydrogen-bond donors (Lipinski definition) is 1. The van der Waals surface area contributed by atoms with Crippen LogP contribution in [0.2, 0.25) is 5.02 Å². The Bertz CT molecular complexity index is 866. The van der Waals surface area contributed by atoms with Crippen molar-refractivity contribution in [2.45, 2.75) is 6.42 Å². The summed E-state index contributed by atoms with van der Waals surface area (Å²) in [6, 6.07) is 11.4. The maximum absolute atomic E-state index is 12.6. The lowest BCUT2D eigenvalue weighted by Gasteiger charge is -2.40. The average molecular weight is 341 g/mol. The first-order valence-corrected chi connectivity index (χ1v) is 8.31. The second kappa shape index (κ2) is 5.35. The fourth-order valence-corrected chi connectivity index (χ4v) is 3.97. The van der Waals surface area contributed by atoms with E-state index in [0.717, 1.165) is 22.9 Å². The summed E-state index contributed by atoms with van der Waals surface area (Å²) in [7, 11) is 0. The first kappa shape index (κ1) is 15.2. The molecule has 1 aliphatic carbocycles. The molecule has 1 aliphatic heterocycles. The Kier molecular flexibility index (Phi) is 3.39. The van der Waals surface area contributed by atoms with E-state index in [-0.39, 0.29) is 23.1 Å². The molecule has 1 N–H and O–H groups in total. The number of nitrogens with one attached hydrogen (secondary N) is 1. The molecule has 1 heterocycles. The summed E-state index contributed by atoms with van der Waals surface area (Å²) in [5.41, 5.74) is 0.709. The predicted molar refractivity (Wildman–Crippen MR) is 94.9 cm³/mol. The molecule has 1 spiro atoms. The summed E-state index contributed by atoms with van der Waals surface area (Å²) in [5.74, 6) is -0.0928. The number of nitrogens with zero attached hydrogens (tertiary/aromatic N) is 1. The zero-order valence-electron chi connectivity index (χ0n) is 13.1. The van der Waals surface area contributed by atoms with Crippen LogP contribution in [0.5, 0.6) is 0 Å². The minimum atomic E-state index is -0.0625. The van der Waals surface area contributed by atoms with E-state index in [1.807, 2.05) is 36.4 Å². The standard InChI is InChI=1S/C19H17ClN2O2/c1-2-16(23)22-10-19(11-22)9-13(19)18(24)21-15-8-4-6-12-5-3-7-14(20)17(12)15/h2-8,13H,1,9-11H2,(H,21,24). The molecule has 1 unspecified atom stereocenters. The van der Waals surface area contributed by atoms with Gasteiger partial charge in [0.15, 0.2) is 0 Å². The molecule has 2 fully saturated rings. The van der Waals surface area contributed by atoms with Crippen LogP contribution in [-0.4, -0.2) is 29.8 Å². The summed E-state index contributed by atoms with van der Waals surface area (Å²) < 4.78 is 0. The lowest BCUT2D eigenvalue weighted by atomic mass is 9.93. The van der Waals surface area contributed by atoms with Gasteiger partial charge in [0.05, 0.1) is 10.7 Å². The van der Waals surface area contributed by atoms with Gasteiger partial charge in [0, 0.05) is 29.8 Å². The largest absolute Gasteiger partial charge is 0.338 e. The zero-order valence-corrected chi connectivity index (χ0v) is 13.8. The number of benzene rings is 2. The smallest absolute Gasteiger partial charge is 0.245 e. The van der Waals surface area contributed by atoms with Crippen LogP contribution in [0.25, 0.3) is 10.8 Å². The summed E-state index contributed by atoms with van der Waals surface area (Å²) >= 11 is 6.30. The fourth-order valence-electron chi connectivity index (χ4n) is 3.69. The molecular weight excluding hydrogens is 324 g/mol. The number of anilines is 1. The van der Waals surface area contributed by atoms with E-state index in [2.05, 4.69) is 11.9 Å². The van der Waals surface area contributed by atoms with Crippen molar-refractivity contribution in [2.24, 2.45) is 11.3 Å². The number of hydrogen-bond acceptors (Lipinski definition) is 2. The minimum absolute atomic E-state index is 0.00752. The molecule has 1 atom stereocenters. The molecule has 1 saturated heterocycles. The van der Waals surface area contributed by atoms with Gasteiger partial charge in [0.1, 0.15) is 0 Å². The van der Waals surface area contributed by atoms with Crippen LogP contribution in [0.1, 0.15) is 6.42 Å². The number of carbonyl (C=O) groups is 2. The topological polar surface area (TPSA) is 49.4 Å². The molecule has 2 aromatic carbocycles. The van der Waals surface area contributed by atoms with Gasteiger partial charge >= 0.3 is 0 Å². The molecule has 0 bridgehead atoms. The number of fused-ring (bicyclic) bond motifs is 1. The number of halogens is 1. The minimum Gasteiger partial charge on any atom is -0.338 e. The van der Waals surface area contributed by atoms with Crippen molar-refractivity contribution in [3.8, 4) is 0 Å². The highest BCUT2D eigenvalue weighted by Crippen LogP contribution is 2.59. The Hall–Kier alpha value is -2.33. The van der Waals surface area contributed by atoms with Gasteiger partial charge in [-0.1, -0.05) is 42.4 Å². The van der Waals surface area contributed by atoms with Crippen LogP contribution in [0.4, 0.5) is 5.69 Å². The predicted octanol–water partition coefficient (Wildman–Crippen LogP) is 3.47. The second-order valence-electron chi connectivity index (χ2n) is 6.65. The van der Waals surface area contributed by atoms with Crippen molar-refractivity contribution in [3.05, 3.63) is 54.1 Å². The van der Waals surface area contributed by atoms with Gasteiger partial charge in [-0.15, -0.1) is 0 Å². The van der Waals surface area contributed by atoms with Gasteiger partial charge in [-0.05, 0) is 30.0 Å². The lowest BCUT2D eigenvalue weighted by molar-refractivity contribution is -0.135. The third kappa shape index (κ3) is 2.29. The maximum Gasteiger partial charge on any atom is 0.245 e. The monoisotopic (exact) mass is 340 g/mol. The van der Waals surface area contributed by atoms with Crippen LogP contribution in [-0.2, 0) is 9.59 Å². The molecule has 2 amide bonds. The fraction of sp³-hybridized carbons (Fsp3) is 0.263. The van der Waals surface area contributed by atoms with Gasteiger partial charge in [-0.3, -0.25) is 9.59 Å². The van der Waals surface area contributed by atoms with Gasteiger partial charge < -0.3 is 10.2 Å². The third-order valence-corrected chi connectivity index (χ3v) is 5.43. The normalized spacial score (nSPS) is 20.5. The van der Waals surface area contributed by atoms with Gasteiger partial charge in [-0.25, -0.2) is 0 Å². The van der Waals surface area contributed by atoms with Gasteiger partial charge in [0.2, 0.25) is 11.8 Å². The highest BCUT2D eigenvalue weighted by Gasteiger charge is 2.65. The second-order valence-corrected chi connectivity index (χ2v) is 7.06.